The molecule has 4 aliphatic rings. The van der Waals surface area contributed by atoms with Gasteiger partial charge >= 0.3 is 12.4 Å². The summed E-state index contributed by atoms with van der Waals surface area (Å²) in [7, 11) is -2.42. The number of nitrogens with zero attached hydrogens (tertiary/aromatic N) is 5. The Morgan fingerprint density at radius 3 is 2.28 bits per heavy atom. The van der Waals surface area contributed by atoms with Crippen LogP contribution >= 0.6 is 22.7 Å². The van der Waals surface area contributed by atoms with E-state index in [2.05, 4.69) is 30.0 Å². The standard InChI is InChI=1S/C35H37F6N7O6S3/c1-32(10-11-32)57(52,53)47-31(51)33-15-18(33)7-5-3-4-6-12-48(2)30(50)20-9-8-19(13-21(20)27(49)46-33)54-25-14-22(28-43-23(16-55-28)34(36,37)38)42-26(45-25)29-44-24(17-56-29)35(39,40)41/h5,7,14,16-21H,3-4,6,8-13,15H2,1-2H3,(H,46,49)(H,47,51)/b7-5-/t18-,19+,20-,21-,33-/m1/s1. The number of hydrogen-bond acceptors (Lipinski definition) is 12. The van der Waals surface area contributed by atoms with E-state index in [1.54, 1.807) is 18.0 Å². The number of amides is 3. The van der Waals surface area contributed by atoms with E-state index in [-0.39, 0.29) is 59.0 Å². The van der Waals surface area contributed by atoms with Gasteiger partial charge in [0.15, 0.2) is 22.2 Å². The van der Waals surface area contributed by atoms with Crippen LogP contribution in [0, 0.1) is 17.8 Å². The summed E-state index contributed by atoms with van der Waals surface area (Å²) in [6.07, 6.45) is -3.60. The Bertz CT molecular complexity index is 2130. The van der Waals surface area contributed by atoms with Crippen LogP contribution in [0.4, 0.5) is 26.3 Å². The Morgan fingerprint density at radius 2 is 1.63 bits per heavy atom. The molecule has 7 rings (SSSR count). The van der Waals surface area contributed by atoms with Crippen molar-refractivity contribution in [2.45, 2.75) is 93.5 Å². The van der Waals surface area contributed by atoms with Gasteiger partial charge in [0.05, 0.1) is 10.7 Å². The van der Waals surface area contributed by atoms with E-state index in [1.165, 1.54) is 13.0 Å². The van der Waals surface area contributed by atoms with Crippen LogP contribution in [0.25, 0.3) is 21.5 Å². The van der Waals surface area contributed by atoms with E-state index in [1.807, 2.05) is 6.08 Å². The normalized spacial score (nSPS) is 27.3. The number of allylic oxidation sites excluding steroid dienone is 1. The van der Waals surface area contributed by atoms with Crippen LogP contribution in [0.2, 0.25) is 0 Å². The molecule has 0 spiro atoms. The molecular formula is C35H37F6N7O6S3. The number of thiazole rings is 2. The average molecular weight is 862 g/mol. The average Bonchev–Trinajstić information content (AvgIpc) is 3.85. The van der Waals surface area contributed by atoms with Crippen LogP contribution in [0.15, 0.2) is 29.0 Å². The maximum absolute atomic E-state index is 14.3. The van der Waals surface area contributed by atoms with Gasteiger partial charge in [-0.1, -0.05) is 12.2 Å². The number of alkyl halides is 6. The fourth-order valence-electron chi connectivity index (χ4n) is 7.05. The summed E-state index contributed by atoms with van der Waals surface area (Å²) < 4.78 is 114. The van der Waals surface area contributed by atoms with Crippen molar-refractivity contribution in [1.82, 2.24) is 34.9 Å². The number of carbonyl (C=O) groups is 3. The number of carbonyl (C=O) groups excluding carboxylic acids is 3. The van der Waals surface area contributed by atoms with E-state index in [9.17, 15) is 49.1 Å². The van der Waals surface area contributed by atoms with Gasteiger partial charge in [-0.05, 0) is 64.7 Å². The predicted octanol–water partition coefficient (Wildman–Crippen LogP) is 6.00. The molecule has 0 unspecified atom stereocenters. The lowest BCUT2D eigenvalue weighted by Crippen LogP contribution is -2.56. The number of hydrogen-bond donors (Lipinski definition) is 2. The molecule has 3 aliphatic carbocycles. The molecule has 3 fully saturated rings. The second-order valence-electron chi connectivity index (χ2n) is 15.1. The van der Waals surface area contributed by atoms with Gasteiger partial charge in [0.2, 0.25) is 27.7 Å². The van der Waals surface area contributed by atoms with Crippen LogP contribution in [-0.4, -0.2) is 81.0 Å². The molecule has 308 valence electrons. The summed E-state index contributed by atoms with van der Waals surface area (Å²) in [4.78, 5) is 59.1. The fraction of sp³-hybridized carbons (Fsp3) is 0.571. The van der Waals surface area contributed by atoms with E-state index in [4.69, 9.17) is 4.74 Å². The first kappa shape index (κ1) is 41.0. The minimum atomic E-state index is -4.79. The molecule has 4 heterocycles. The molecule has 3 aromatic heterocycles. The lowest BCUT2D eigenvalue weighted by molar-refractivity contribution is -0.145. The second kappa shape index (κ2) is 14.9. The van der Waals surface area contributed by atoms with Gasteiger partial charge in [-0.3, -0.25) is 19.1 Å². The van der Waals surface area contributed by atoms with Crippen molar-refractivity contribution in [2.75, 3.05) is 13.6 Å². The third-order valence-corrected chi connectivity index (χ3v) is 14.8. The summed E-state index contributed by atoms with van der Waals surface area (Å²) in [5, 5.41) is 3.80. The summed E-state index contributed by atoms with van der Waals surface area (Å²) in [6.45, 7) is 1.96. The molecule has 0 radical (unpaired) electrons. The summed E-state index contributed by atoms with van der Waals surface area (Å²) in [5.74, 6) is -4.94. The maximum atomic E-state index is 14.3. The number of sulfonamides is 1. The Labute approximate surface area is 330 Å². The third kappa shape index (κ3) is 8.53. The van der Waals surface area contributed by atoms with Gasteiger partial charge in [-0.15, -0.1) is 22.7 Å². The van der Waals surface area contributed by atoms with Gasteiger partial charge in [0.1, 0.15) is 22.3 Å². The highest BCUT2D eigenvalue weighted by Gasteiger charge is 2.63. The number of ether oxygens (including phenoxy) is 1. The topological polar surface area (TPSA) is 173 Å². The van der Waals surface area contributed by atoms with E-state index >= 15 is 0 Å². The highest BCUT2D eigenvalue weighted by molar-refractivity contribution is 7.91. The number of halogens is 6. The summed E-state index contributed by atoms with van der Waals surface area (Å²) in [5.41, 5.74) is -4.20. The minimum Gasteiger partial charge on any atom is -0.474 e. The van der Waals surface area contributed by atoms with Crippen LogP contribution < -0.4 is 14.8 Å². The summed E-state index contributed by atoms with van der Waals surface area (Å²) >= 11 is 1.16. The van der Waals surface area contributed by atoms with Gasteiger partial charge in [-0.25, -0.2) is 23.4 Å². The van der Waals surface area contributed by atoms with Crippen LogP contribution in [0.3, 0.4) is 0 Å². The van der Waals surface area contributed by atoms with Crippen molar-refractivity contribution in [3.05, 3.63) is 40.4 Å². The number of nitrogens with one attached hydrogen (secondary N) is 2. The lowest BCUT2D eigenvalue weighted by Gasteiger charge is -2.37. The van der Waals surface area contributed by atoms with Crippen molar-refractivity contribution in [3.8, 4) is 27.4 Å². The molecule has 5 atom stereocenters. The fourth-order valence-corrected chi connectivity index (χ4v) is 9.91. The molecule has 2 N–H and O–H groups in total. The number of aromatic nitrogens is 4. The second-order valence-corrected chi connectivity index (χ2v) is 19.0. The van der Waals surface area contributed by atoms with E-state index in [0.717, 1.165) is 17.2 Å². The van der Waals surface area contributed by atoms with Crippen molar-refractivity contribution in [3.63, 3.8) is 0 Å². The first-order valence-corrected chi connectivity index (χ1v) is 21.4. The monoisotopic (exact) mass is 861 g/mol. The molecule has 0 saturated heterocycles. The Hall–Kier alpha value is -4.18. The predicted molar refractivity (Wildman–Crippen MR) is 194 cm³/mol. The number of rotatable bonds is 7. The van der Waals surface area contributed by atoms with Gasteiger partial charge in [0, 0.05) is 42.3 Å². The molecule has 22 heteroatoms. The third-order valence-electron chi connectivity index (χ3n) is 10.9. The minimum absolute atomic E-state index is 0.107. The van der Waals surface area contributed by atoms with Crippen molar-refractivity contribution in [1.29, 1.82) is 0 Å². The molecule has 1 aliphatic heterocycles. The largest absolute Gasteiger partial charge is 0.474 e. The zero-order chi connectivity index (χ0) is 41.1. The maximum Gasteiger partial charge on any atom is 0.434 e. The highest BCUT2D eigenvalue weighted by Crippen LogP contribution is 2.48. The molecule has 3 saturated carbocycles. The molecule has 3 aromatic rings. The molecule has 0 bridgehead atoms. The van der Waals surface area contributed by atoms with Crippen molar-refractivity contribution < 1.29 is 53.9 Å². The molecule has 13 nitrogen and oxygen atoms in total. The van der Waals surface area contributed by atoms with Crippen molar-refractivity contribution in [2.24, 2.45) is 17.8 Å². The van der Waals surface area contributed by atoms with Gasteiger partial charge in [0.25, 0.3) is 5.91 Å². The highest BCUT2D eigenvalue weighted by atomic mass is 32.2. The van der Waals surface area contributed by atoms with Crippen LogP contribution in [0.1, 0.15) is 76.1 Å². The van der Waals surface area contributed by atoms with Crippen LogP contribution in [0.5, 0.6) is 5.88 Å². The van der Waals surface area contributed by atoms with Gasteiger partial charge in [-0.2, -0.15) is 31.3 Å². The van der Waals surface area contributed by atoms with E-state index < -0.39 is 79.7 Å². The van der Waals surface area contributed by atoms with Crippen molar-refractivity contribution >= 4 is 50.4 Å². The lowest BCUT2D eigenvalue weighted by atomic mass is 9.76. The van der Waals surface area contributed by atoms with Gasteiger partial charge < -0.3 is 15.0 Å². The Kier molecular flexibility index (Phi) is 10.7. The molecule has 0 aromatic carbocycles. The first-order chi connectivity index (χ1) is 26.7. The molecular weight excluding hydrogens is 825 g/mol. The summed E-state index contributed by atoms with van der Waals surface area (Å²) in [6, 6.07) is 1.18. The SMILES string of the molecule is CN1CCCC/C=C\[C@@H]2C[C@@]2(C(=O)NS(=O)(=O)C2(C)CC2)NC(=O)[C@@H]2C[C@@H](Oc3cc(-c4nc(C(F)(F)F)cs4)nc(-c4nc(C(F)(F)F)cs4)n3)CC[C@H]2C1=O. The zero-order valence-electron chi connectivity index (χ0n) is 30.4. The number of fused-ring (bicyclic) bond motifs is 2. The Morgan fingerprint density at radius 1 is 0.965 bits per heavy atom. The molecule has 3 amide bonds. The Balaban J connectivity index is 1.19. The first-order valence-electron chi connectivity index (χ1n) is 18.1. The zero-order valence-corrected chi connectivity index (χ0v) is 32.9. The van der Waals surface area contributed by atoms with E-state index in [0.29, 0.717) is 54.9 Å². The smallest absolute Gasteiger partial charge is 0.434 e. The molecule has 57 heavy (non-hydrogen) atoms. The quantitative estimate of drug-likeness (QED) is 0.212. The van der Waals surface area contributed by atoms with Crippen LogP contribution in [-0.2, 0) is 36.8 Å².